The molecular formula is C16H24N6O2. The Morgan fingerprint density at radius 3 is 2.88 bits per heavy atom. The predicted octanol–water partition coefficient (Wildman–Crippen LogP) is 1.25. The third-order valence-corrected chi connectivity index (χ3v) is 4.46. The lowest BCUT2D eigenvalue weighted by Gasteiger charge is -2.22. The van der Waals surface area contributed by atoms with Crippen LogP contribution in [0.3, 0.4) is 0 Å². The second kappa shape index (κ2) is 7.57. The fraction of sp³-hybridized carbons (Fsp3) is 0.625. The van der Waals surface area contributed by atoms with E-state index < -0.39 is 0 Å². The summed E-state index contributed by atoms with van der Waals surface area (Å²) in [5, 5.41) is 18.4. The van der Waals surface area contributed by atoms with Gasteiger partial charge in [-0.3, -0.25) is 4.79 Å². The Bertz CT molecular complexity index is 665. The van der Waals surface area contributed by atoms with Gasteiger partial charge in [0, 0.05) is 18.5 Å². The van der Waals surface area contributed by atoms with E-state index in [2.05, 4.69) is 26.1 Å². The number of nitrogens with zero attached hydrogens (tertiary/aromatic N) is 4. The van der Waals surface area contributed by atoms with Crippen LogP contribution in [0.1, 0.15) is 60.2 Å². The van der Waals surface area contributed by atoms with Crippen molar-refractivity contribution in [3.63, 3.8) is 0 Å². The number of aromatic nitrogens is 4. The molecule has 2 aromatic heterocycles. The lowest BCUT2D eigenvalue weighted by atomic mass is 10.1. The van der Waals surface area contributed by atoms with Crippen LogP contribution >= 0.6 is 0 Å². The first-order chi connectivity index (χ1) is 11.7. The van der Waals surface area contributed by atoms with Crippen LogP contribution in [-0.2, 0) is 19.4 Å². The summed E-state index contributed by atoms with van der Waals surface area (Å²) in [4.78, 5) is 12.3. The van der Waals surface area contributed by atoms with Crippen LogP contribution in [0.25, 0.3) is 0 Å². The van der Waals surface area contributed by atoms with Gasteiger partial charge in [0.25, 0.3) is 5.91 Å². The van der Waals surface area contributed by atoms with Gasteiger partial charge in [0.1, 0.15) is 5.76 Å². The molecule has 2 N–H and O–H groups in total. The van der Waals surface area contributed by atoms with Crippen LogP contribution in [0, 0.1) is 0 Å². The molecule has 2 aromatic rings. The van der Waals surface area contributed by atoms with Crippen LogP contribution in [0.15, 0.2) is 10.7 Å². The number of rotatable bonds is 6. The normalized spacial score (nSPS) is 15.6. The highest BCUT2D eigenvalue weighted by molar-refractivity contribution is 5.91. The number of nitrogens with one attached hydrogen (secondary N) is 2. The number of piperidine rings is 1. The van der Waals surface area contributed by atoms with E-state index in [0.29, 0.717) is 18.3 Å². The summed E-state index contributed by atoms with van der Waals surface area (Å²) in [6.07, 6.45) is 5.28. The molecule has 1 amide bonds. The van der Waals surface area contributed by atoms with Crippen LogP contribution in [0.5, 0.6) is 0 Å². The molecule has 0 atom stereocenters. The van der Waals surface area contributed by atoms with Crippen molar-refractivity contribution in [2.75, 3.05) is 13.1 Å². The van der Waals surface area contributed by atoms with Gasteiger partial charge in [0.15, 0.2) is 5.69 Å². The van der Waals surface area contributed by atoms with Crippen LogP contribution in [-0.4, -0.2) is 39.1 Å². The van der Waals surface area contributed by atoms with Gasteiger partial charge in [0.05, 0.1) is 17.9 Å². The average molecular weight is 332 g/mol. The molecule has 1 aliphatic heterocycles. The molecule has 8 heteroatoms. The molecule has 0 saturated carbocycles. The van der Waals surface area contributed by atoms with E-state index in [-0.39, 0.29) is 5.91 Å². The quantitative estimate of drug-likeness (QED) is 0.826. The number of amides is 1. The maximum Gasteiger partial charge on any atom is 0.273 e. The number of aryl methyl sites for hydroxylation is 2. The standard InChI is InChI=1S/C16H24N6O2/c1-3-13-12(15(4-2)24-20-13)9-18-16(23)14-10-22(21-19-14)11-5-7-17-8-6-11/h10-11,17H,3-9H2,1-2H3,(H,18,23). The van der Waals surface area contributed by atoms with Gasteiger partial charge >= 0.3 is 0 Å². The van der Waals surface area contributed by atoms with Crippen molar-refractivity contribution in [3.05, 3.63) is 28.9 Å². The summed E-state index contributed by atoms with van der Waals surface area (Å²) in [6, 6.07) is 0.316. The zero-order valence-corrected chi connectivity index (χ0v) is 14.2. The number of carbonyl (C=O) groups is 1. The van der Waals surface area contributed by atoms with Gasteiger partial charge in [-0.25, -0.2) is 4.68 Å². The number of carbonyl (C=O) groups excluding carboxylic acids is 1. The summed E-state index contributed by atoms with van der Waals surface area (Å²) >= 11 is 0. The highest BCUT2D eigenvalue weighted by atomic mass is 16.5. The molecule has 0 spiro atoms. The topological polar surface area (TPSA) is 97.9 Å². The Balaban J connectivity index is 1.63. The van der Waals surface area contributed by atoms with Crippen molar-refractivity contribution >= 4 is 5.91 Å². The summed E-state index contributed by atoms with van der Waals surface area (Å²) in [6.45, 7) is 6.37. The maximum atomic E-state index is 12.3. The van der Waals surface area contributed by atoms with Gasteiger partial charge in [-0.15, -0.1) is 5.10 Å². The van der Waals surface area contributed by atoms with Crippen molar-refractivity contribution in [1.82, 2.24) is 30.8 Å². The minimum atomic E-state index is -0.222. The van der Waals surface area contributed by atoms with E-state index >= 15 is 0 Å². The minimum absolute atomic E-state index is 0.222. The lowest BCUT2D eigenvalue weighted by molar-refractivity contribution is 0.0945. The molecule has 1 aliphatic rings. The van der Waals surface area contributed by atoms with Crippen molar-refractivity contribution in [3.8, 4) is 0 Å². The Morgan fingerprint density at radius 2 is 2.17 bits per heavy atom. The third-order valence-electron chi connectivity index (χ3n) is 4.46. The lowest BCUT2D eigenvalue weighted by Crippen LogP contribution is -2.29. The van der Waals surface area contributed by atoms with Gasteiger partial charge in [-0.1, -0.05) is 24.2 Å². The summed E-state index contributed by atoms with van der Waals surface area (Å²) < 4.78 is 7.13. The Kier molecular flexibility index (Phi) is 5.24. The number of hydrogen-bond donors (Lipinski definition) is 2. The molecule has 0 aliphatic carbocycles. The molecule has 130 valence electrons. The average Bonchev–Trinajstić information content (AvgIpc) is 3.27. The molecule has 0 aromatic carbocycles. The second-order valence-corrected chi connectivity index (χ2v) is 5.99. The molecule has 3 rings (SSSR count). The fourth-order valence-electron chi connectivity index (χ4n) is 3.03. The molecule has 3 heterocycles. The molecule has 1 saturated heterocycles. The minimum Gasteiger partial charge on any atom is -0.361 e. The first kappa shape index (κ1) is 16.6. The predicted molar refractivity (Wildman–Crippen MR) is 87.6 cm³/mol. The molecule has 24 heavy (non-hydrogen) atoms. The second-order valence-electron chi connectivity index (χ2n) is 5.99. The smallest absolute Gasteiger partial charge is 0.273 e. The molecular weight excluding hydrogens is 308 g/mol. The molecule has 0 bridgehead atoms. The van der Waals surface area contributed by atoms with Gasteiger partial charge in [0.2, 0.25) is 0 Å². The summed E-state index contributed by atoms with van der Waals surface area (Å²) in [5.41, 5.74) is 2.21. The van der Waals surface area contributed by atoms with Crippen molar-refractivity contribution in [2.45, 2.75) is 52.1 Å². The molecule has 0 radical (unpaired) electrons. The van der Waals surface area contributed by atoms with E-state index in [0.717, 1.165) is 55.8 Å². The fourth-order valence-corrected chi connectivity index (χ4v) is 3.03. The first-order valence-corrected chi connectivity index (χ1v) is 8.60. The summed E-state index contributed by atoms with van der Waals surface area (Å²) in [7, 11) is 0. The van der Waals surface area contributed by atoms with Crippen LogP contribution < -0.4 is 10.6 Å². The molecule has 8 nitrogen and oxygen atoms in total. The van der Waals surface area contributed by atoms with Crippen LogP contribution in [0.2, 0.25) is 0 Å². The molecule has 1 fully saturated rings. The van der Waals surface area contributed by atoms with Crippen LogP contribution in [0.4, 0.5) is 0 Å². The van der Waals surface area contributed by atoms with Crippen molar-refractivity contribution < 1.29 is 9.32 Å². The van der Waals surface area contributed by atoms with E-state index in [1.807, 2.05) is 18.5 Å². The Morgan fingerprint density at radius 1 is 1.38 bits per heavy atom. The van der Waals surface area contributed by atoms with Gasteiger partial charge < -0.3 is 15.2 Å². The third kappa shape index (κ3) is 3.48. The maximum absolute atomic E-state index is 12.3. The van der Waals surface area contributed by atoms with Crippen molar-refractivity contribution in [1.29, 1.82) is 0 Å². The number of hydrogen-bond acceptors (Lipinski definition) is 6. The van der Waals surface area contributed by atoms with Gasteiger partial charge in [-0.05, 0) is 32.4 Å². The van der Waals surface area contributed by atoms with Gasteiger partial charge in [-0.2, -0.15) is 0 Å². The van der Waals surface area contributed by atoms with E-state index in [1.54, 1.807) is 6.20 Å². The largest absolute Gasteiger partial charge is 0.361 e. The van der Waals surface area contributed by atoms with Crippen molar-refractivity contribution in [2.24, 2.45) is 0 Å². The SMILES string of the molecule is CCc1noc(CC)c1CNC(=O)c1cn(C2CCNCC2)nn1. The first-order valence-electron chi connectivity index (χ1n) is 8.60. The highest BCUT2D eigenvalue weighted by Crippen LogP contribution is 2.18. The van der Waals surface area contributed by atoms with E-state index in [4.69, 9.17) is 4.52 Å². The Hall–Kier alpha value is -2.22. The highest BCUT2D eigenvalue weighted by Gasteiger charge is 2.20. The van der Waals surface area contributed by atoms with E-state index in [1.165, 1.54) is 0 Å². The molecule has 0 unspecified atom stereocenters. The Labute approximate surface area is 141 Å². The van der Waals surface area contributed by atoms with E-state index in [9.17, 15) is 4.79 Å². The zero-order chi connectivity index (χ0) is 16.9. The summed E-state index contributed by atoms with van der Waals surface area (Å²) in [5.74, 6) is 0.603. The zero-order valence-electron chi connectivity index (χ0n) is 14.2. The monoisotopic (exact) mass is 332 g/mol.